The molecule has 0 bridgehead atoms. The molecule has 1 aliphatic heterocycles. The van der Waals surface area contributed by atoms with Gasteiger partial charge in [0.15, 0.2) is 11.5 Å². The van der Waals surface area contributed by atoms with Crippen LogP contribution in [-0.4, -0.2) is 33.0 Å². The van der Waals surface area contributed by atoms with Crippen molar-refractivity contribution in [2.24, 2.45) is 0 Å². The average Bonchev–Trinajstić information content (AvgIpc) is 2.61. The van der Waals surface area contributed by atoms with Gasteiger partial charge >= 0.3 is 0 Å². The van der Waals surface area contributed by atoms with Crippen molar-refractivity contribution >= 4 is 11.6 Å². The van der Waals surface area contributed by atoms with Crippen LogP contribution in [0.3, 0.4) is 0 Å². The molecule has 1 aliphatic rings. The first-order valence-corrected chi connectivity index (χ1v) is 8.48. The van der Waals surface area contributed by atoms with Crippen LogP contribution >= 0.6 is 11.6 Å². The Morgan fingerprint density at radius 2 is 1.92 bits per heavy atom. The molecule has 0 radical (unpaired) electrons. The number of benzene rings is 2. The molecule has 1 atom stereocenters. The van der Waals surface area contributed by atoms with Crippen LogP contribution < -0.4 is 14.8 Å². The Hall–Kier alpha value is -1.75. The van der Waals surface area contributed by atoms with Gasteiger partial charge in [0.25, 0.3) is 0 Å². The molecule has 0 saturated carbocycles. The predicted octanol–water partition coefficient (Wildman–Crippen LogP) is 3.46. The largest absolute Gasteiger partial charge is 0.486 e. The van der Waals surface area contributed by atoms with E-state index in [1.165, 1.54) is 5.56 Å². The fourth-order valence-electron chi connectivity index (χ4n) is 2.82. The predicted molar refractivity (Wildman–Crippen MR) is 95.1 cm³/mol. The minimum atomic E-state index is 0.226. The zero-order valence-electron chi connectivity index (χ0n) is 13.8. The minimum Gasteiger partial charge on any atom is -0.486 e. The molecule has 0 spiro atoms. The SMILES string of the molecule is COC[C@H](Cc1ccccc1)NCc1cc(Cl)c2c(c1)OCCO2. The summed E-state index contributed by atoms with van der Waals surface area (Å²) in [5, 5.41) is 4.13. The molecule has 4 nitrogen and oxygen atoms in total. The van der Waals surface area contributed by atoms with Crippen LogP contribution in [0.5, 0.6) is 11.5 Å². The van der Waals surface area contributed by atoms with Crippen LogP contribution in [0.4, 0.5) is 0 Å². The third-order valence-electron chi connectivity index (χ3n) is 3.94. The Morgan fingerprint density at radius 1 is 1.12 bits per heavy atom. The van der Waals surface area contributed by atoms with Crippen LogP contribution in [0, 0.1) is 0 Å². The van der Waals surface area contributed by atoms with Gasteiger partial charge in [0, 0.05) is 19.7 Å². The monoisotopic (exact) mass is 347 g/mol. The van der Waals surface area contributed by atoms with E-state index in [2.05, 4.69) is 29.6 Å². The van der Waals surface area contributed by atoms with Gasteiger partial charge in [-0.05, 0) is 29.7 Å². The normalized spacial score (nSPS) is 14.4. The number of fused-ring (bicyclic) bond motifs is 1. The summed E-state index contributed by atoms with van der Waals surface area (Å²) in [5.41, 5.74) is 2.35. The molecule has 24 heavy (non-hydrogen) atoms. The quantitative estimate of drug-likeness (QED) is 0.832. The first-order chi connectivity index (χ1) is 11.8. The summed E-state index contributed by atoms with van der Waals surface area (Å²) in [6.07, 6.45) is 0.910. The highest BCUT2D eigenvalue weighted by molar-refractivity contribution is 6.32. The van der Waals surface area contributed by atoms with Gasteiger partial charge in [-0.15, -0.1) is 0 Å². The molecule has 3 rings (SSSR count). The lowest BCUT2D eigenvalue weighted by Gasteiger charge is -2.22. The molecule has 1 N–H and O–H groups in total. The van der Waals surface area contributed by atoms with Crippen LogP contribution in [-0.2, 0) is 17.7 Å². The lowest BCUT2D eigenvalue weighted by atomic mass is 10.1. The molecule has 0 aliphatic carbocycles. The van der Waals surface area contributed by atoms with E-state index in [-0.39, 0.29) is 6.04 Å². The van der Waals surface area contributed by atoms with Crippen molar-refractivity contribution in [3.8, 4) is 11.5 Å². The molecule has 0 aromatic heterocycles. The van der Waals surface area contributed by atoms with Crippen molar-refractivity contribution in [2.75, 3.05) is 26.9 Å². The summed E-state index contributed by atoms with van der Waals surface area (Å²) in [5.74, 6) is 1.36. The highest BCUT2D eigenvalue weighted by atomic mass is 35.5. The maximum Gasteiger partial charge on any atom is 0.179 e. The lowest BCUT2D eigenvalue weighted by Crippen LogP contribution is -2.34. The summed E-state index contributed by atoms with van der Waals surface area (Å²) in [6, 6.07) is 14.5. The zero-order valence-corrected chi connectivity index (χ0v) is 14.5. The van der Waals surface area contributed by atoms with Crippen molar-refractivity contribution in [1.29, 1.82) is 0 Å². The highest BCUT2D eigenvalue weighted by Gasteiger charge is 2.17. The smallest absolute Gasteiger partial charge is 0.179 e. The average molecular weight is 348 g/mol. The second-order valence-corrected chi connectivity index (χ2v) is 6.23. The van der Waals surface area contributed by atoms with Crippen LogP contribution in [0.25, 0.3) is 0 Å². The number of nitrogens with one attached hydrogen (secondary N) is 1. The van der Waals surface area contributed by atoms with Crippen molar-refractivity contribution in [1.82, 2.24) is 5.32 Å². The first-order valence-electron chi connectivity index (χ1n) is 8.10. The molecule has 5 heteroatoms. The molecule has 0 amide bonds. The van der Waals surface area contributed by atoms with Crippen molar-refractivity contribution < 1.29 is 14.2 Å². The standard InChI is InChI=1S/C19H22ClNO3/c1-22-13-16(9-14-5-3-2-4-6-14)21-12-15-10-17(20)19-18(11-15)23-7-8-24-19/h2-6,10-11,16,21H,7-9,12-13H2,1H3/t16-/m0/s1. The van der Waals surface area contributed by atoms with Crippen molar-refractivity contribution in [3.63, 3.8) is 0 Å². The third kappa shape index (κ3) is 4.41. The fourth-order valence-corrected chi connectivity index (χ4v) is 3.11. The van der Waals surface area contributed by atoms with E-state index >= 15 is 0 Å². The first kappa shape index (κ1) is 17.1. The van der Waals surface area contributed by atoms with Gasteiger partial charge in [-0.3, -0.25) is 0 Å². The van der Waals surface area contributed by atoms with Crippen LogP contribution in [0.1, 0.15) is 11.1 Å². The van der Waals surface area contributed by atoms with Gasteiger partial charge in [-0.25, -0.2) is 0 Å². The van der Waals surface area contributed by atoms with Gasteiger partial charge in [0.2, 0.25) is 0 Å². The number of ether oxygens (including phenoxy) is 3. The molecule has 128 valence electrons. The van der Waals surface area contributed by atoms with E-state index in [1.54, 1.807) is 7.11 Å². The number of hydrogen-bond donors (Lipinski definition) is 1. The summed E-state index contributed by atoms with van der Waals surface area (Å²) in [4.78, 5) is 0. The van der Waals surface area contributed by atoms with E-state index in [0.717, 1.165) is 17.7 Å². The Kier molecular flexibility index (Phi) is 5.96. The molecule has 1 heterocycles. The highest BCUT2D eigenvalue weighted by Crippen LogP contribution is 2.38. The molecule has 2 aromatic carbocycles. The van der Waals surface area contributed by atoms with Gasteiger partial charge in [0.05, 0.1) is 11.6 Å². The topological polar surface area (TPSA) is 39.7 Å². The van der Waals surface area contributed by atoms with E-state index in [9.17, 15) is 0 Å². The van der Waals surface area contributed by atoms with Crippen LogP contribution in [0.15, 0.2) is 42.5 Å². The van der Waals surface area contributed by atoms with E-state index in [4.69, 9.17) is 25.8 Å². The Labute approximate surface area is 147 Å². The minimum absolute atomic E-state index is 0.226. The molecular weight excluding hydrogens is 326 g/mol. The summed E-state index contributed by atoms with van der Waals surface area (Å²) in [7, 11) is 1.72. The number of rotatable bonds is 7. The molecule has 0 saturated heterocycles. The van der Waals surface area contributed by atoms with E-state index < -0.39 is 0 Å². The molecule has 2 aromatic rings. The van der Waals surface area contributed by atoms with Crippen LogP contribution in [0.2, 0.25) is 5.02 Å². The van der Waals surface area contributed by atoms with E-state index in [1.807, 2.05) is 18.2 Å². The van der Waals surface area contributed by atoms with E-state index in [0.29, 0.717) is 37.1 Å². The zero-order chi connectivity index (χ0) is 16.8. The maximum absolute atomic E-state index is 6.30. The maximum atomic E-state index is 6.30. The van der Waals surface area contributed by atoms with Crippen molar-refractivity contribution in [2.45, 2.75) is 19.0 Å². The van der Waals surface area contributed by atoms with Crippen molar-refractivity contribution in [3.05, 3.63) is 58.6 Å². The summed E-state index contributed by atoms with van der Waals surface area (Å²) >= 11 is 6.30. The number of halogens is 1. The van der Waals surface area contributed by atoms with Gasteiger partial charge < -0.3 is 19.5 Å². The second kappa shape index (κ2) is 8.38. The molecule has 0 fully saturated rings. The van der Waals surface area contributed by atoms with Gasteiger partial charge in [-0.1, -0.05) is 41.9 Å². The number of methoxy groups -OCH3 is 1. The Bertz CT molecular complexity index is 663. The number of hydrogen-bond acceptors (Lipinski definition) is 4. The molecular formula is C19H22ClNO3. The fraction of sp³-hybridized carbons (Fsp3) is 0.368. The Morgan fingerprint density at radius 3 is 2.71 bits per heavy atom. The summed E-state index contributed by atoms with van der Waals surface area (Å²) in [6.45, 7) is 2.43. The molecule has 0 unspecified atom stereocenters. The summed E-state index contributed by atoms with van der Waals surface area (Å²) < 4.78 is 16.5. The third-order valence-corrected chi connectivity index (χ3v) is 4.23. The van der Waals surface area contributed by atoms with Gasteiger partial charge in [-0.2, -0.15) is 0 Å². The van der Waals surface area contributed by atoms with Gasteiger partial charge in [0.1, 0.15) is 13.2 Å². The lowest BCUT2D eigenvalue weighted by molar-refractivity contribution is 0.165. The Balaban J connectivity index is 1.65. The second-order valence-electron chi connectivity index (χ2n) is 5.82.